The Bertz CT molecular complexity index is 6720. The fraction of sp³-hybridized carbons (Fsp3) is 0. The summed E-state index contributed by atoms with van der Waals surface area (Å²) in [4.78, 5) is 12.3. The molecular formula is C93H58N9+. The smallest absolute Gasteiger partial charge is 0.282 e. The van der Waals surface area contributed by atoms with E-state index in [0.717, 1.165) is 182 Å². The number of aromatic nitrogens is 9. The predicted molar refractivity (Wildman–Crippen MR) is 420 cm³/mol. The molecule has 9 heteroatoms. The van der Waals surface area contributed by atoms with Gasteiger partial charge in [-0.25, -0.2) is 19.1 Å². The highest BCUT2D eigenvalue weighted by atomic mass is 15.5. The van der Waals surface area contributed by atoms with Gasteiger partial charge in [-0.15, -0.1) is 4.68 Å². The molecule has 9 nitrogen and oxygen atoms in total. The standard InChI is InChI=1S/C93H58N9/c1-4-30-59(31-5-1)73-58-74(60-32-6-2-7-33-60)95-91(94-73)87-89(97-76-47-21-10-36-62(76)63-37-11-22-48-77(63)97)92(99-80-51-25-14-40-66(80)67-41-15-26-52-81(67)99)102(101-84-55-29-19-45-72(84)86-85(101)57-56-71-70-44-18-20-46-75(70)96(88(71)86)61-34-8-3-9-35-61)93(100-82-53-27-16-42-68(82)69-43-17-28-54-83(69)100)90(87)98-78-49-23-12-38-64(78)65-39-13-24-50-79(65)98/h1-58H/q+1. The summed E-state index contributed by atoms with van der Waals surface area (Å²) in [5.41, 5.74) is 19.5. The van der Waals surface area contributed by atoms with Crippen molar-refractivity contribution >= 4 is 131 Å². The lowest BCUT2D eigenvalue weighted by Crippen LogP contribution is -2.51. The minimum atomic E-state index is 0.538. The average Bonchev–Trinajstić information content (AvgIpc) is 1.39. The molecule has 22 aromatic rings. The van der Waals surface area contributed by atoms with Crippen molar-refractivity contribution in [2.45, 2.75) is 0 Å². The maximum absolute atomic E-state index is 6.17. The summed E-state index contributed by atoms with van der Waals surface area (Å²) in [6.45, 7) is 0. The van der Waals surface area contributed by atoms with E-state index in [-0.39, 0.29) is 0 Å². The van der Waals surface area contributed by atoms with Gasteiger partial charge >= 0.3 is 0 Å². The predicted octanol–water partition coefficient (Wildman–Crippen LogP) is 22.7. The van der Waals surface area contributed by atoms with Gasteiger partial charge in [-0.05, 0) is 91.0 Å². The summed E-state index contributed by atoms with van der Waals surface area (Å²) >= 11 is 0. The molecule has 0 amide bonds. The van der Waals surface area contributed by atoms with Crippen LogP contribution in [0.5, 0.6) is 0 Å². The Balaban J connectivity index is 1.11. The highest BCUT2D eigenvalue weighted by molar-refractivity contribution is 6.26. The van der Waals surface area contributed by atoms with Gasteiger partial charge < -0.3 is 13.7 Å². The number of rotatable bonds is 9. The monoisotopic (exact) mass is 1300 g/mol. The van der Waals surface area contributed by atoms with Crippen LogP contribution in [0, 0.1) is 0 Å². The van der Waals surface area contributed by atoms with Crippen LogP contribution in [0.15, 0.2) is 352 Å². The summed E-state index contributed by atoms with van der Waals surface area (Å²) in [5.74, 6) is 2.23. The average molecular weight is 1300 g/mol. The van der Waals surface area contributed by atoms with E-state index >= 15 is 0 Å². The van der Waals surface area contributed by atoms with Gasteiger partial charge in [-0.3, -0.25) is 0 Å². The molecule has 14 aromatic carbocycles. The molecule has 8 aromatic heterocycles. The zero-order valence-electron chi connectivity index (χ0n) is 55.0. The number of pyridine rings is 1. The topological polar surface area (TPSA) is 59.2 Å². The Morgan fingerprint density at radius 1 is 0.225 bits per heavy atom. The number of hydrogen-bond acceptors (Lipinski definition) is 2. The first-order valence-corrected chi connectivity index (χ1v) is 34.8. The first-order chi connectivity index (χ1) is 50.7. The van der Waals surface area contributed by atoms with Crippen LogP contribution in [0.3, 0.4) is 0 Å². The van der Waals surface area contributed by atoms with Crippen molar-refractivity contribution in [3.8, 4) is 62.6 Å². The van der Waals surface area contributed by atoms with Crippen LogP contribution in [0.1, 0.15) is 0 Å². The van der Waals surface area contributed by atoms with Crippen LogP contribution in [0.25, 0.3) is 193 Å². The zero-order valence-corrected chi connectivity index (χ0v) is 55.0. The van der Waals surface area contributed by atoms with E-state index in [4.69, 9.17) is 9.97 Å². The molecule has 22 rings (SSSR count). The SMILES string of the molecule is c1ccc(-c2cc(-c3ccccc3)nc(-c3c(-n4c5ccccc5c5ccccc54)c(-n4c5ccccc5c5ccccc54)[n+](-n4c5ccccc5c5c6c(ccc54)c4ccccc4n6-c4ccccc4)c(-n4c5ccccc5c5ccccc54)c3-n3c4ccccc4c4ccccc43)n2)cc1. The molecule has 0 aliphatic carbocycles. The highest BCUT2D eigenvalue weighted by Crippen LogP contribution is 2.50. The minimum Gasteiger partial charge on any atom is -0.309 e. The van der Waals surface area contributed by atoms with Gasteiger partial charge in [0.1, 0.15) is 33.4 Å². The molecule has 0 unspecified atom stereocenters. The quantitative estimate of drug-likeness (QED) is 0.135. The lowest BCUT2D eigenvalue weighted by Gasteiger charge is -2.27. The van der Waals surface area contributed by atoms with Gasteiger partial charge in [-0.2, -0.15) is 4.68 Å². The van der Waals surface area contributed by atoms with Crippen LogP contribution in [0.4, 0.5) is 0 Å². The molecule has 0 saturated heterocycles. The Hall–Kier alpha value is -13.9. The lowest BCUT2D eigenvalue weighted by atomic mass is 10.0. The Morgan fingerprint density at radius 2 is 0.520 bits per heavy atom. The van der Waals surface area contributed by atoms with Crippen molar-refractivity contribution in [1.82, 2.24) is 37.5 Å². The molecule has 0 atom stereocenters. The summed E-state index contributed by atoms with van der Waals surface area (Å²) in [7, 11) is 0. The van der Waals surface area contributed by atoms with Gasteiger partial charge in [0.25, 0.3) is 11.6 Å². The van der Waals surface area contributed by atoms with Crippen LogP contribution in [-0.2, 0) is 0 Å². The second-order valence-electron chi connectivity index (χ2n) is 26.6. The van der Waals surface area contributed by atoms with Crippen molar-refractivity contribution in [3.05, 3.63) is 352 Å². The summed E-state index contributed by atoms with van der Waals surface area (Å²) in [5, 5.41) is 13.5. The molecule has 0 bridgehead atoms. The van der Waals surface area contributed by atoms with Crippen LogP contribution in [-0.4, -0.2) is 37.5 Å². The first-order valence-electron chi connectivity index (χ1n) is 34.8. The largest absolute Gasteiger partial charge is 0.309 e. The van der Waals surface area contributed by atoms with E-state index in [2.05, 4.69) is 384 Å². The summed E-state index contributed by atoms with van der Waals surface area (Å²) in [6, 6.07) is 129. The van der Waals surface area contributed by atoms with Crippen molar-refractivity contribution in [1.29, 1.82) is 0 Å². The summed E-state index contributed by atoms with van der Waals surface area (Å²) in [6.07, 6.45) is 0. The van der Waals surface area contributed by atoms with Crippen LogP contribution in [0.2, 0.25) is 0 Å². The highest BCUT2D eigenvalue weighted by Gasteiger charge is 2.42. The second kappa shape index (κ2) is 21.8. The van der Waals surface area contributed by atoms with Gasteiger partial charge in [0.2, 0.25) is 0 Å². The summed E-state index contributed by atoms with van der Waals surface area (Å²) < 4.78 is 18.0. The molecule has 0 saturated carbocycles. The van der Waals surface area contributed by atoms with Crippen LogP contribution >= 0.6 is 0 Å². The van der Waals surface area contributed by atoms with E-state index in [9.17, 15) is 0 Å². The Kier molecular flexibility index (Phi) is 12.0. The number of nitrogens with zero attached hydrogens (tertiary/aromatic N) is 9. The van der Waals surface area contributed by atoms with Gasteiger partial charge in [0.05, 0.1) is 61.1 Å². The molecule has 0 fully saturated rings. The molecule has 8 heterocycles. The normalized spacial score (nSPS) is 12.1. The van der Waals surface area contributed by atoms with Crippen LogP contribution < -0.4 is 4.68 Å². The Morgan fingerprint density at radius 3 is 0.892 bits per heavy atom. The molecule has 0 aliphatic rings. The number of para-hydroxylation sites is 11. The maximum Gasteiger partial charge on any atom is 0.282 e. The first kappa shape index (κ1) is 56.2. The molecule has 0 radical (unpaired) electrons. The van der Waals surface area contributed by atoms with Crippen molar-refractivity contribution < 1.29 is 4.68 Å². The van der Waals surface area contributed by atoms with E-state index in [0.29, 0.717) is 5.82 Å². The second-order valence-corrected chi connectivity index (χ2v) is 26.6. The molecule has 474 valence electrons. The van der Waals surface area contributed by atoms with E-state index in [1.807, 2.05) is 0 Å². The number of fused-ring (bicyclic) bond motifs is 19. The van der Waals surface area contributed by atoms with Gasteiger partial charge in [0.15, 0.2) is 5.82 Å². The van der Waals surface area contributed by atoms with E-state index in [1.165, 1.54) is 5.39 Å². The fourth-order valence-corrected chi connectivity index (χ4v) is 17.1. The molecule has 102 heavy (non-hydrogen) atoms. The maximum atomic E-state index is 6.17. The van der Waals surface area contributed by atoms with Crippen molar-refractivity contribution in [2.24, 2.45) is 0 Å². The third kappa shape index (κ3) is 7.89. The third-order valence-electron chi connectivity index (χ3n) is 21.2. The molecule has 0 spiro atoms. The fourth-order valence-electron chi connectivity index (χ4n) is 17.1. The lowest BCUT2D eigenvalue weighted by molar-refractivity contribution is -0.708. The molecule has 0 N–H and O–H groups in total. The van der Waals surface area contributed by atoms with E-state index in [1.54, 1.807) is 0 Å². The van der Waals surface area contributed by atoms with Crippen molar-refractivity contribution in [2.75, 3.05) is 0 Å². The van der Waals surface area contributed by atoms with Gasteiger partial charge in [0, 0.05) is 81.4 Å². The third-order valence-corrected chi connectivity index (χ3v) is 21.2. The number of benzene rings is 14. The van der Waals surface area contributed by atoms with Crippen molar-refractivity contribution in [3.63, 3.8) is 0 Å². The Labute approximate surface area is 583 Å². The molecule has 0 aliphatic heterocycles. The van der Waals surface area contributed by atoms with E-state index < -0.39 is 0 Å². The van der Waals surface area contributed by atoms with Gasteiger partial charge in [-0.1, -0.05) is 261 Å². The minimum absolute atomic E-state index is 0.538. The zero-order chi connectivity index (χ0) is 66.7. The number of hydrogen-bond donors (Lipinski definition) is 0. The molecular weight excluding hydrogens is 1240 g/mol.